The minimum absolute atomic E-state index is 0.132. The molecule has 1 aromatic carbocycles. The Balaban J connectivity index is 1.88. The van der Waals surface area contributed by atoms with E-state index in [9.17, 15) is 19.8 Å². The average Bonchev–Trinajstić information content (AvgIpc) is 3.42. The van der Waals surface area contributed by atoms with Crippen LogP contribution < -0.4 is 15.0 Å². The first kappa shape index (κ1) is 33.8. The average molecular weight is 627 g/mol. The summed E-state index contributed by atoms with van der Waals surface area (Å²) in [4.78, 5) is 34.1. The molecule has 3 aromatic rings. The lowest BCUT2D eigenvalue weighted by Crippen LogP contribution is -2.58. The maximum atomic E-state index is 14.0. The van der Waals surface area contributed by atoms with Crippen molar-refractivity contribution in [1.82, 2.24) is 19.5 Å². The molecule has 2 aromatic heterocycles. The van der Waals surface area contributed by atoms with Crippen molar-refractivity contribution >= 4 is 35.2 Å². The number of anilines is 3. The third kappa shape index (κ3) is 7.95. The summed E-state index contributed by atoms with van der Waals surface area (Å²) in [6.45, 7) is 12.4. The molecule has 3 heterocycles. The molecule has 0 radical (unpaired) electrons. The van der Waals surface area contributed by atoms with E-state index in [0.717, 1.165) is 0 Å². The van der Waals surface area contributed by atoms with E-state index in [1.54, 1.807) is 68.9 Å². The van der Waals surface area contributed by atoms with Crippen molar-refractivity contribution in [2.75, 3.05) is 43.7 Å². The van der Waals surface area contributed by atoms with Gasteiger partial charge in [0, 0.05) is 44.4 Å². The zero-order valence-electron chi connectivity index (χ0n) is 27.2. The van der Waals surface area contributed by atoms with Crippen molar-refractivity contribution in [2.45, 2.75) is 78.5 Å². The van der Waals surface area contributed by atoms with Crippen LogP contribution in [0.5, 0.6) is 5.75 Å². The molecule has 246 valence electrons. The third-order valence-electron chi connectivity index (χ3n) is 7.49. The van der Waals surface area contributed by atoms with Crippen LogP contribution in [0.1, 0.15) is 59.9 Å². The first-order chi connectivity index (χ1) is 21.2. The Labute approximate surface area is 264 Å². The number of carboxylic acid groups (broad SMARTS) is 1. The van der Waals surface area contributed by atoms with Crippen LogP contribution in [-0.2, 0) is 15.9 Å². The number of hydrogen-bond donors (Lipinski definition) is 3. The first-order valence-electron chi connectivity index (χ1n) is 15.2. The number of aliphatic hydroxyl groups is 1. The van der Waals surface area contributed by atoms with E-state index in [4.69, 9.17) is 19.2 Å². The number of ether oxygens (including phenoxy) is 3. The molecule has 1 saturated heterocycles. The van der Waals surface area contributed by atoms with Gasteiger partial charge in [0.25, 0.3) is 0 Å². The number of piperidine rings is 1. The van der Waals surface area contributed by atoms with Crippen LogP contribution in [-0.4, -0.2) is 93.1 Å². The highest BCUT2D eigenvalue weighted by atomic mass is 16.6. The smallest absolute Gasteiger partial charge is 0.420 e. The normalized spacial score (nSPS) is 17.3. The van der Waals surface area contributed by atoms with Gasteiger partial charge in [0.2, 0.25) is 0 Å². The number of aliphatic hydroxyl groups excluding tert-OH is 1. The van der Waals surface area contributed by atoms with Crippen molar-refractivity contribution in [1.29, 1.82) is 0 Å². The van der Waals surface area contributed by atoms with E-state index in [-0.39, 0.29) is 30.5 Å². The molecule has 0 saturated carbocycles. The highest BCUT2D eigenvalue weighted by molar-refractivity contribution is 5.97. The van der Waals surface area contributed by atoms with E-state index in [1.165, 1.54) is 9.80 Å². The van der Waals surface area contributed by atoms with Crippen LogP contribution in [0, 0.1) is 5.41 Å². The lowest BCUT2D eigenvalue weighted by atomic mass is 9.77. The van der Waals surface area contributed by atoms with E-state index in [0.29, 0.717) is 66.9 Å². The third-order valence-corrected chi connectivity index (χ3v) is 7.49. The fourth-order valence-electron chi connectivity index (χ4n) is 5.82. The van der Waals surface area contributed by atoms with E-state index in [1.807, 2.05) is 20.8 Å². The number of hydrogen-bond acceptors (Lipinski definition) is 9. The number of aromatic nitrogens is 3. The molecule has 45 heavy (non-hydrogen) atoms. The SMILES string of the molecule is COCCOc1ccc(N(C(=O)OC(C)(C)C)c2c(CCO)c(NC3CCCN(C(=O)O)[C@H]3C(C)(C)C)nc3ccnn23)cc1. The standard InChI is InChI=1S/C32H46N6O7/c1-31(2,3)26-24(9-8-17-36(26)29(40)41)34-27-23(15-18-39)28(38-25(35-27)14-16-33-38)37(30(42)45-32(4,5)6)21-10-12-22(13-11-21)44-20-19-43-7/h10-14,16,24,26,39H,8-9,15,17-20H2,1-7H3,(H,34,35)(H,40,41)/t24?,26-/m1/s1. The molecule has 1 fully saturated rings. The van der Waals surface area contributed by atoms with Gasteiger partial charge >= 0.3 is 12.2 Å². The van der Waals surface area contributed by atoms with Gasteiger partial charge in [-0.2, -0.15) is 9.61 Å². The summed E-state index contributed by atoms with van der Waals surface area (Å²) in [5.74, 6) is 1.39. The summed E-state index contributed by atoms with van der Waals surface area (Å²) in [7, 11) is 1.60. The summed E-state index contributed by atoms with van der Waals surface area (Å²) in [6, 6.07) is 8.10. The second-order valence-corrected chi connectivity index (χ2v) is 13.2. The maximum Gasteiger partial charge on any atom is 0.420 e. The second-order valence-electron chi connectivity index (χ2n) is 13.2. The summed E-state index contributed by atoms with van der Waals surface area (Å²) >= 11 is 0. The largest absolute Gasteiger partial charge is 0.491 e. The van der Waals surface area contributed by atoms with Crippen LogP contribution >= 0.6 is 0 Å². The Morgan fingerprint density at radius 1 is 1.09 bits per heavy atom. The van der Waals surface area contributed by atoms with Gasteiger partial charge < -0.3 is 34.6 Å². The molecular formula is C32H46N6O7. The molecule has 2 amide bonds. The van der Waals surface area contributed by atoms with Gasteiger partial charge in [0.05, 0.1) is 24.5 Å². The number of benzene rings is 1. The highest BCUT2D eigenvalue weighted by Gasteiger charge is 2.42. The van der Waals surface area contributed by atoms with Crippen LogP contribution in [0.15, 0.2) is 36.5 Å². The molecule has 0 bridgehead atoms. The van der Waals surface area contributed by atoms with Gasteiger partial charge in [-0.05, 0) is 63.3 Å². The zero-order chi connectivity index (χ0) is 32.9. The number of carbonyl (C=O) groups excluding carboxylic acids is 1. The van der Waals surface area contributed by atoms with Crippen molar-refractivity contribution in [2.24, 2.45) is 5.41 Å². The van der Waals surface area contributed by atoms with Gasteiger partial charge in [0.1, 0.15) is 23.8 Å². The first-order valence-corrected chi connectivity index (χ1v) is 15.2. The molecule has 13 nitrogen and oxygen atoms in total. The summed E-state index contributed by atoms with van der Waals surface area (Å²) in [5, 5.41) is 28.4. The Morgan fingerprint density at radius 2 is 1.80 bits per heavy atom. The topological polar surface area (TPSA) is 151 Å². The second kappa shape index (κ2) is 13.9. The minimum atomic E-state index is -0.970. The molecule has 13 heteroatoms. The monoisotopic (exact) mass is 626 g/mol. The predicted molar refractivity (Wildman–Crippen MR) is 171 cm³/mol. The van der Waals surface area contributed by atoms with Gasteiger partial charge in [-0.25, -0.2) is 19.5 Å². The lowest BCUT2D eigenvalue weighted by molar-refractivity contribution is 0.0518. The number of nitrogens with one attached hydrogen (secondary N) is 1. The number of amides is 2. The van der Waals surface area contributed by atoms with Crippen molar-refractivity contribution in [3.63, 3.8) is 0 Å². The molecule has 1 aliphatic heterocycles. The number of rotatable bonds is 10. The van der Waals surface area contributed by atoms with Crippen molar-refractivity contribution in [3.05, 3.63) is 42.1 Å². The van der Waals surface area contributed by atoms with Crippen LogP contribution in [0.25, 0.3) is 5.65 Å². The molecule has 2 atom stereocenters. The number of carbonyl (C=O) groups is 2. The van der Waals surface area contributed by atoms with Crippen LogP contribution in [0.2, 0.25) is 0 Å². The molecular weight excluding hydrogens is 580 g/mol. The highest BCUT2D eigenvalue weighted by Crippen LogP contribution is 2.38. The Hall–Kier alpha value is -4.10. The number of fused-ring (bicyclic) bond motifs is 1. The quantitative estimate of drug-likeness (QED) is 0.252. The zero-order valence-corrected chi connectivity index (χ0v) is 27.2. The number of methoxy groups -OCH3 is 1. The van der Waals surface area contributed by atoms with Gasteiger partial charge in [-0.15, -0.1) is 0 Å². The number of nitrogens with zero attached hydrogens (tertiary/aromatic N) is 5. The molecule has 4 rings (SSSR count). The Morgan fingerprint density at radius 3 is 2.40 bits per heavy atom. The van der Waals surface area contributed by atoms with Crippen LogP contribution in [0.4, 0.5) is 26.9 Å². The minimum Gasteiger partial charge on any atom is -0.491 e. The predicted octanol–water partition coefficient (Wildman–Crippen LogP) is 5.33. The maximum absolute atomic E-state index is 14.0. The summed E-state index contributed by atoms with van der Waals surface area (Å²) in [6.07, 6.45) is 1.49. The van der Waals surface area contributed by atoms with E-state index >= 15 is 0 Å². The Bertz CT molecular complexity index is 1460. The number of likely N-dealkylation sites (tertiary alicyclic amines) is 1. The fourth-order valence-corrected chi connectivity index (χ4v) is 5.82. The lowest BCUT2D eigenvalue weighted by Gasteiger charge is -2.47. The van der Waals surface area contributed by atoms with Crippen molar-refractivity contribution in [3.8, 4) is 5.75 Å². The van der Waals surface area contributed by atoms with Gasteiger partial charge in [-0.1, -0.05) is 20.8 Å². The Kier molecular flexibility index (Phi) is 10.4. The van der Waals surface area contributed by atoms with E-state index in [2.05, 4.69) is 10.4 Å². The van der Waals surface area contributed by atoms with Crippen molar-refractivity contribution < 1.29 is 34.0 Å². The van der Waals surface area contributed by atoms with Gasteiger partial charge in [-0.3, -0.25) is 0 Å². The molecule has 0 aliphatic carbocycles. The van der Waals surface area contributed by atoms with Crippen LogP contribution in [0.3, 0.4) is 0 Å². The molecule has 1 aliphatic rings. The van der Waals surface area contributed by atoms with Gasteiger partial charge in [0.15, 0.2) is 11.5 Å². The van der Waals surface area contributed by atoms with E-state index < -0.39 is 17.8 Å². The molecule has 3 N–H and O–H groups in total. The molecule has 1 unspecified atom stereocenters. The summed E-state index contributed by atoms with van der Waals surface area (Å²) < 4.78 is 18.3. The summed E-state index contributed by atoms with van der Waals surface area (Å²) in [5.41, 5.74) is 0.279. The fraction of sp³-hybridized carbons (Fsp3) is 0.562. The molecule has 0 spiro atoms.